The van der Waals surface area contributed by atoms with Crippen LogP contribution in [0.3, 0.4) is 0 Å². The molecule has 1 saturated heterocycles. The van der Waals surface area contributed by atoms with Crippen molar-refractivity contribution in [1.82, 2.24) is 4.90 Å². The lowest BCUT2D eigenvalue weighted by Gasteiger charge is -2.35. The molecule has 1 saturated carbocycles. The molecule has 3 nitrogen and oxygen atoms in total. The Morgan fingerprint density at radius 2 is 1.76 bits per heavy atom. The topological polar surface area (TPSA) is 38.5 Å². The summed E-state index contributed by atoms with van der Waals surface area (Å²) in [6.45, 7) is 3.87. The molecule has 2 fully saturated rings. The maximum atomic E-state index is 5.76. The molecular weight excluding hydrogens is 212 g/mol. The predicted octanol–water partition coefficient (Wildman–Crippen LogP) is 2.05. The Balaban J connectivity index is 1.81. The molecule has 1 aliphatic carbocycles. The van der Waals surface area contributed by atoms with Gasteiger partial charge in [0.05, 0.1) is 13.2 Å². The van der Waals surface area contributed by atoms with Crippen LogP contribution in [0.25, 0.3) is 0 Å². The number of morpholine rings is 1. The third-order valence-corrected chi connectivity index (χ3v) is 3.79. The normalized spacial score (nSPS) is 23.5. The van der Waals surface area contributed by atoms with E-state index >= 15 is 0 Å². The Morgan fingerprint density at radius 1 is 1.12 bits per heavy atom. The third kappa shape index (κ3) is 2.45. The summed E-state index contributed by atoms with van der Waals surface area (Å²) >= 11 is 0. The van der Waals surface area contributed by atoms with Gasteiger partial charge in [-0.1, -0.05) is 12.1 Å². The second kappa shape index (κ2) is 4.67. The van der Waals surface area contributed by atoms with E-state index in [0.717, 1.165) is 37.9 Å². The average molecular weight is 232 g/mol. The Kier molecular flexibility index (Phi) is 3.04. The third-order valence-electron chi connectivity index (χ3n) is 3.79. The molecule has 0 spiro atoms. The first kappa shape index (κ1) is 11.1. The molecule has 1 aromatic carbocycles. The van der Waals surface area contributed by atoms with E-state index in [9.17, 15) is 0 Å². The van der Waals surface area contributed by atoms with Crippen LogP contribution in [0.4, 0.5) is 5.69 Å². The number of ether oxygens (including phenoxy) is 1. The van der Waals surface area contributed by atoms with Gasteiger partial charge in [0.15, 0.2) is 0 Å². The smallest absolute Gasteiger partial charge is 0.0594 e. The van der Waals surface area contributed by atoms with Crippen LogP contribution >= 0.6 is 0 Å². The fourth-order valence-corrected chi connectivity index (χ4v) is 2.74. The van der Waals surface area contributed by atoms with Crippen molar-refractivity contribution in [2.24, 2.45) is 5.92 Å². The maximum absolute atomic E-state index is 5.76. The lowest BCUT2D eigenvalue weighted by atomic mass is 10.00. The predicted molar refractivity (Wildman–Crippen MR) is 68.7 cm³/mol. The van der Waals surface area contributed by atoms with Gasteiger partial charge in [0.1, 0.15) is 0 Å². The van der Waals surface area contributed by atoms with Crippen molar-refractivity contribution in [3.63, 3.8) is 0 Å². The van der Waals surface area contributed by atoms with Crippen LogP contribution in [-0.2, 0) is 4.74 Å². The number of anilines is 1. The Morgan fingerprint density at radius 3 is 2.35 bits per heavy atom. The standard InChI is InChI=1S/C14H20N2O/c15-13-5-3-12(4-6-13)14(11-1-2-11)16-7-9-17-10-8-16/h3-6,11,14H,1-2,7-10,15H2. The highest BCUT2D eigenvalue weighted by Gasteiger charge is 2.36. The van der Waals surface area contributed by atoms with Crippen molar-refractivity contribution in [2.45, 2.75) is 18.9 Å². The van der Waals surface area contributed by atoms with Gasteiger partial charge in [-0.05, 0) is 36.5 Å². The number of nitrogens with two attached hydrogens (primary N) is 1. The van der Waals surface area contributed by atoms with Gasteiger partial charge in [-0.3, -0.25) is 4.90 Å². The summed E-state index contributed by atoms with van der Waals surface area (Å²) in [7, 11) is 0. The van der Waals surface area contributed by atoms with Crippen molar-refractivity contribution in [3.8, 4) is 0 Å². The van der Waals surface area contributed by atoms with Gasteiger partial charge in [-0.15, -0.1) is 0 Å². The first-order valence-electron chi connectivity index (χ1n) is 6.52. The monoisotopic (exact) mass is 232 g/mol. The lowest BCUT2D eigenvalue weighted by molar-refractivity contribution is 0.0111. The summed E-state index contributed by atoms with van der Waals surface area (Å²) in [5, 5.41) is 0. The summed E-state index contributed by atoms with van der Waals surface area (Å²) in [6, 6.07) is 9.00. The fourth-order valence-electron chi connectivity index (χ4n) is 2.74. The molecule has 1 aliphatic heterocycles. The largest absolute Gasteiger partial charge is 0.399 e. The number of nitrogen functional groups attached to an aromatic ring is 1. The average Bonchev–Trinajstić information content (AvgIpc) is 3.18. The van der Waals surface area contributed by atoms with Crippen LogP contribution in [0.5, 0.6) is 0 Å². The minimum atomic E-state index is 0.583. The molecule has 92 valence electrons. The van der Waals surface area contributed by atoms with Crippen molar-refractivity contribution >= 4 is 5.69 Å². The van der Waals surface area contributed by atoms with Crippen molar-refractivity contribution in [2.75, 3.05) is 32.0 Å². The SMILES string of the molecule is Nc1ccc(C(C2CC2)N2CCOCC2)cc1. The highest BCUT2D eigenvalue weighted by Crippen LogP contribution is 2.44. The van der Waals surface area contributed by atoms with Crippen LogP contribution in [0.1, 0.15) is 24.4 Å². The molecule has 3 heteroatoms. The zero-order valence-corrected chi connectivity index (χ0v) is 10.1. The summed E-state index contributed by atoms with van der Waals surface area (Å²) in [6.07, 6.45) is 2.73. The molecule has 0 aromatic heterocycles. The van der Waals surface area contributed by atoms with Crippen LogP contribution < -0.4 is 5.73 Å². The highest BCUT2D eigenvalue weighted by molar-refractivity contribution is 5.40. The van der Waals surface area contributed by atoms with E-state index in [4.69, 9.17) is 10.5 Å². The number of rotatable bonds is 3. The van der Waals surface area contributed by atoms with Crippen LogP contribution in [0.2, 0.25) is 0 Å². The minimum Gasteiger partial charge on any atom is -0.399 e. The Bertz CT molecular complexity index is 366. The molecule has 2 N–H and O–H groups in total. The first-order valence-corrected chi connectivity index (χ1v) is 6.52. The summed E-state index contributed by atoms with van der Waals surface area (Å²) in [4.78, 5) is 2.58. The van der Waals surface area contributed by atoms with Gasteiger partial charge < -0.3 is 10.5 Å². The molecule has 2 aliphatic rings. The Hall–Kier alpha value is -1.06. The Labute approximate surface area is 103 Å². The molecule has 3 rings (SSSR count). The van der Waals surface area contributed by atoms with Crippen LogP contribution in [0, 0.1) is 5.92 Å². The van der Waals surface area contributed by atoms with Gasteiger partial charge in [0.25, 0.3) is 0 Å². The van der Waals surface area contributed by atoms with E-state index in [1.165, 1.54) is 18.4 Å². The minimum absolute atomic E-state index is 0.583. The van der Waals surface area contributed by atoms with Crippen LogP contribution in [0.15, 0.2) is 24.3 Å². The van der Waals surface area contributed by atoms with E-state index in [-0.39, 0.29) is 0 Å². The van der Waals surface area contributed by atoms with E-state index in [0.29, 0.717) is 6.04 Å². The van der Waals surface area contributed by atoms with Gasteiger partial charge in [0, 0.05) is 24.8 Å². The van der Waals surface area contributed by atoms with E-state index < -0.39 is 0 Å². The molecule has 0 bridgehead atoms. The molecule has 0 amide bonds. The molecular formula is C14H20N2O. The van der Waals surface area contributed by atoms with E-state index in [1.54, 1.807) is 0 Å². The van der Waals surface area contributed by atoms with Crippen LogP contribution in [-0.4, -0.2) is 31.2 Å². The quantitative estimate of drug-likeness (QED) is 0.811. The maximum Gasteiger partial charge on any atom is 0.0594 e. The molecule has 1 atom stereocenters. The summed E-state index contributed by atoms with van der Waals surface area (Å²) in [5.74, 6) is 0.844. The second-order valence-electron chi connectivity index (χ2n) is 5.10. The van der Waals surface area contributed by atoms with Crippen molar-refractivity contribution in [3.05, 3.63) is 29.8 Å². The number of hydrogen-bond acceptors (Lipinski definition) is 3. The van der Waals surface area contributed by atoms with Gasteiger partial charge in [0.2, 0.25) is 0 Å². The molecule has 17 heavy (non-hydrogen) atoms. The molecule has 1 heterocycles. The highest BCUT2D eigenvalue weighted by atomic mass is 16.5. The molecule has 1 aromatic rings. The summed E-state index contributed by atoms with van der Waals surface area (Å²) in [5.41, 5.74) is 8.04. The summed E-state index contributed by atoms with van der Waals surface area (Å²) < 4.78 is 5.44. The van der Waals surface area contributed by atoms with Gasteiger partial charge in [-0.2, -0.15) is 0 Å². The number of benzene rings is 1. The fraction of sp³-hybridized carbons (Fsp3) is 0.571. The van der Waals surface area contributed by atoms with Crippen molar-refractivity contribution < 1.29 is 4.74 Å². The number of nitrogens with zero attached hydrogens (tertiary/aromatic N) is 1. The number of hydrogen-bond donors (Lipinski definition) is 1. The molecule has 0 radical (unpaired) electrons. The second-order valence-corrected chi connectivity index (χ2v) is 5.10. The van der Waals surface area contributed by atoms with Crippen molar-refractivity contribution in [1.29, 1.82) is 0 Å². The van der Waals surface area contributed by atoms with E-state index in [2.05, 4.69) is 17.0 Å². The van der Waals surface area contributed by atoms with Gasteiger partial charge >= 0.3 is 0 Å². The molecule has 1 unspecified atom stereocenters. The zero-order valence-electron chi connectivity index (χ0n) is 10.1. The lowest BCUT2D eigenvalue weighted by Crippen LogP contribution is -2.39. The van der Waals surface area contributed by atoms with E-state index in [1.807, 2.05) is 12.1 Å². The zero-order chi connectivity index (χ0) is 11.7. The first-order chi connectivity index (χ1) is 8.34. The van der Waals surface area contributed by atoms with Gasteiger partial charge in [-0.25, -0.2) is 0 Å².